The van der Waals surface area contributed by atoms with E-state index in [1.54, 1.807) is 0 Å². The van der Waals surface area contributed by atoms with Crippen molar-refractivity contribution in [2.24, 2.45) is 18.4 Å². The number of nitrogens with zero attached hydrogens (tertiary/aromatic N) is 3. The summed E-state index contributed by atoms with van der Waals surface area (Å²) in [5.74, 6) is 0.852. The van der Waals surface area contributed by atoms with Crippen molar-refractivity contribution in [1.29, 1.82) is 5.26 Å². The molecular weight excluding hydrogens is 222 g/mol. The van der Waals surface area contributed by atoms with E-state index < -0.39 is 0 Å². The molecule has 1 aromatic heterocycles. The van der Waals surface area contributed by atoms with Crippen LogP contribution in [0.5, 0.6) is 0 Å². The molecule has 0 N–H and O–H groups in total. The lowest BCUT2D eigenvalue weighted by Crippen LogP contribution is -2.28. The average Bonchev–Trinajstić information content (AvgIpc) is 2.78. The zero-order valence-corrected chi connectivity index (χ0v) is 11.5. The zero-order chi connectivity index (χ0) is 13.0. The van der Waals surface area contributed by atoms with Crippen molar-refractivity contribution in [3.63, 3.8) is 0 Å². The van der Waals surface area contributed by atoms with Crippen molar-refractivity contribution in [1.82, 2.24) is 9.78 Å². The molecule has 0 aromatic carbocycles. The van der Waals surface area contributed by atoms with Crippen LogP contribution >= 0.6 is 0 Å². The molecule has 1 aromatic rings. The van der Waals surface area contributed by atoms with Crippen LogP contribution < -0.4 is 0 Å². The maximum Gasteiger partial charge on any atom is 0.0693 e. The van der Waals surface area contributed by atoms with Gasteiger partial charge in [0, 0.05) is 13.2 Å². The highest BCUT2D eigenvalue weighted by molar-refractivity contribution is 5.14. The van der Waals surface area contributed by atoms with E-state index in [9.17, 15) is 5.26 Å². The smallest absolute Gasteiger partial charge is 0.0693 e. The second-order valence-electron chi connectivity index (χ2n) is 5.82. The third kappa shape index (κ3) is 2.93. The molecule has 18 heavy (non-hydrogen) atoms. The largest absolute Gasteiger partial charge is 0.276 e. The van der Waals surface area contributed by atoms with Gasteiger partial charge in [-0.3, -0.25) is 4.68 Å². The number of hydrogen-bond donors (Lipinski definition) is 0. The zero-order valence-electron chi connectivity index (χ0n) is 11.5. The molecule has 0 bridgehead atoms. The summed E-state index contributed by atoms with van der Waals surface area (Å²) in [4.78, 5) is 0. The quantitative estimate of drug-likeness (QED) is 0.815. The van der Waals surface area contributed by atoms with Crippen molar-refractivity contribution >= 4 is 0 Å². The van der Waals surface area contributed by atoms with Gasteiger partial charge in [-0.1, -0.05) is 19.8 Å². The molecule has 1 fully saturated rings. The van der Waals surface area contributed by atoms with Crippen LogP contribution in [-0.2, 0) is 13.5 Å². The Hall–Kier alpha value is -1.30. The van der Waals surface area contributed by atoms with E-state index in [4.69, 9.17) is 0 Å². The third-order valence-corrected chi connectivity index (χ3v) is 4.30. The van der Waals surface area contributed by atoms with Crippen molar-refractivity contribution in [2.75, 3.05) is 0 Å². The van der Waals surface area contributed by atoms with Crippen LogP contribution in [0, 0.1) is 22.7 Å². The third-order valence-electron chi connectivity index (χ3n) is 4.30. The highest BCUT2D eigenvalue weighted by atomic mass is 15.2. The maximum absolute atomic E-state index is 9.55. The van der Waals surface area contributed by atoms with Crippen LogP contribution in [0.4, 0.5) is 0 Å². The molecule has 0 amide bonds. The summed E-state index contributed by atoms with van der Waals surface area (Å²) in [5, 5.41) is 13.7. The van der Waals surface area contributed by atoms with Gasteiger partial charge in [0.15, 0.2) is 0 Å². The van der Waals surface area contributed by atoms with Crippen LogP contribution in [0.3, 0.4) is 0 Å². The summed E-state index contributed by atoms with van der Waals surface area (Å²) in [6, 6.07) is 2.60. The van der Waals surface area contributed by atoms with Gasteiger partial charge in [-0.15, -0.1) is 0 Å². The Morgan fingerprint density at radius 2 is 2.22 bits per heavy atom. The minimum absolute atomic E-state index is 0.132. The molecule has 98 valence electrons. The summed E-state index contributed by atoms with van der Waals surface area (Å²) in [7, 11) is 1.93. The van der Waals surface area contributed by atoms with E-state index in [0.29, 0.717) is 0 Å². The topological polar surface area (TPSA) is 41.6 Å². The molecule has 1 aliphatic rings. The fraction of sp³-hybridized carbons (Fsp3) is 0.733. The number of aryl methyl sites for hydroxylation is 1. The van der Waals surface area contributed by atoms with E-state index >= 15 is 0 Å². The average molecular weight is 245 g/mol. The first-order valence-corrected chi connectivity index (χ1v) is 7.06. The Bertz CT molecular complexity index is 419. The molecule has 3 nitrogen and oxygen atoms in total. The standard InChI is InChI=1S/C15H23N3/c1-3-4-13-5-7-15(12-16,8-6-13)9-14-10-17-18(2)11-14/h10-11,13H,3-9H2,1-2H3. The molecule has 1 saturated carbocycles. The maximum atomic E-state index is 9.55. The van der Waals surface area contributed by atoms with E-state index in [0.717, 1.165) is 25.2 Å². The summed E-state index contributed by atoms with van der Waals surface area (Å²) in [6.45, 7) is 2.25. The van der Waals surface area contributed by atoms with Gasteiger partial charge in [0.1, 0.15) is 0 Å². The van der Waals surface area contributed by atoms with Gasteiger partial charge in [-0.05, 0) is 43.6 Å². The fourth-order valence-corrected chi connectivity index (χ4v) is 3.21. The second-order valence-corrected chi connectivity index (χ2v) is 5.82. The van der Waals surface area contributed by atoms with Gasteiger partial charge < -0.3 is 0 Å². The Morgan fingerprint density at radius 3 is 2.72 bits per heavy atom. The van der Waals surface area contributed by atoms with Crippen LogP contribution in [0.15, 0.2) is 12.4 Å². The molecule has 1 aliphatic carbocycles. The minimum atomic E-state index is -0.132. The van der Waals surface area contributed by atoms with E-state index in [1.165, 1.54) is 31.2 Å². The van der Waals surface area contributed by atoms with Crippen LogP contribution in [0.1, 0.15) is 51.0 Å². The first kappa shape index (κ1) is 13.1. The highest BCUT2D eigenvalue weighted by Gasteiger charge is 2.35. The Morgan fingerprint density at radius 1 is 1.50 bits per heavy atom. The molecule has 0 atom stereocenters. The van der Waals surface area contributed by atoms with Gasteiger partial charge in [0.25, 0.3) is 0 Å². The normalized spacial score (nSPS) is 27.9. The van der Waals surface area contributed by atoms with Gasteiger partial charge in [-0.2, -0.15) is 10.4 Å². The minimum Gasteiger partial charge on any atom is -0.276 e. The van der Waals surface area contributed by atoms with Gasteiger partial charge in [0.2, 0.25) is 0 Å². The van der Waals surface area contributed by atoms with Crippen molar-refractivity contribution < 1.29 is 0 Å². The molecule has 0 radical (unpaired) electrons. The van der Waals surface area contributed by atoms with E-state index in [-0.39, 0.29) is 5.41 Å². The SMILES string of the molecule is CCCC1CCC(C#N)(Cc2cnn(C)c2)CC1. The molecule has 2 rings (SSSR count). The molecule has 1 heterocycles. The number of aromatic nitrogens is 2. The van der Waals surface area contributed by atoms with Crippen LogP contribution in [0.25, 0.3) is 0 Å². The molecule has 3 heteroatoms. The van der Waals surface area contributed by atoms with Gasteiger partial charge in [-0.25, -0.2) is 0 Å². The van der Waals surface area contributed by atoms with Crippen LogP contribution in [-0.4, -0.2) is 9.78 Å². The van der Waals surface area contributed by atoms with E-state index in [1.807, 2.05) is 24.1 Å². The lowest BCUT2D eigenvalue weighted by Gasteiger charge is -2.34. The molecular formula is C15H23N3. The number of nitriles is 1. The van der Waals surface area contributed by atoms with Crippen molar-refractivity contribution in [3.05, 3.63) is 18.0 Å². The Balaban J connectivity index is 1.99. The summed E-state index contributed by atoms with van der Waals surface area (Å²) < 4.78 is 1.82. The lowest BCUT2D eigenvalue weighted by molar-refractivity contribution is 0.200. The lowest BCUT2D eigenvalue weighted by atomic mass is 9.68. The summed E-state index contributed by atoms with van der Waals surface area (Å²) in [6.07, 6.45) is 12.0. The van der Waals surface area contributed by atoms with Gasteiger partial charge >= 0.3 is 0 Å². The van der Waals surface area contributed by atoms with Crippen molar-refractivity contribution in [2.45, 2.75) is 51.9 Å². The Labute approximate surface area is 110 Å². The molecule has 0 saturated heterocycles. The van der Waals surface area contributed by atoms with E-state index in [2.05, 4.69) is 18.1 Å². The summed E-state index contributed by atoms with van der Waals surface area (Å²) >= 11 is 0. The first-order valence-electron chi connectivity index (χ1n) is 7.06. The molecule has 0 spiro atoms. The highest BCUT2D eigenvalue weighted by Crippen LogP contribution is 2.42. The predicted molar refractivity (Wildman–Crippen MR) is 71.8 cm³/mol. The second kappa shape index (κ2) is 5.56. The molecule has 0 unspecified atom stereocenters. The van der Waals surface area contributed by atoms with Gasteiger partial charge in [0.05, 0.1) is 17.7 Å². The number of hydrogen-bond acceptors (Lipinski definition) is 2. The number of rotatable bonds is 4. The van der Waals surface area contributed by atoms with Crippen molar-refractivity contribution in [3.8, 4) is 6.07 Å². The molecule has 0 aliphatic heterocycles. The summed E-state index contributed by atoms with van der Waals surface area (Å²) in [5.41, 5.74) is 1.07. The Kier molecular flexibility index (Phi) is 4.06. The predicted octanol–water partition coefficient (Wildman–Crippen LogP) is 3.46. The fourth-order valence-electron chi connectivity index (χ4n) is 3.21. The van der Waals surface area contributed by atoms with Crippen LogP contribution in [0.2, 0.25) is 0 Å². The monoisotopic (exact) mass is 245 g/mol. The first-order chi connectivity index (χ1) is 8.67.